The predicted octanol–water partition coefficient (Wildman–Crippen LogP) is 0.695. The van der Waals surface area contributed by atoms with E-state index in [1.165, 1.54) is 11.8 Å². The number of thioether (sulfide) groups is 1. The highest BCUT2D eigenvalue weighted by Crippen LogP contribution is 2.37. The molecule has 0 bridgehead atoms. The Labute approximate surface area is 115 Å². The number of rotatable bonds is 7. The molecular formula is C11H17N5O2S. The third-order valence-corrected chi connectivity index (χ3v) is 4.67. The van der Waals surface area contributed by atoms with Crippen molar-refractivity contribution in [2.24, 2.45) is 0 Å². The normalized spacial score (nSPS) is 22.2. The number of aromatic nitrogens is 4. The summed E-state index contributed by atoms with van der Waals surface area (Å²) in [6.45, 7) is 1.73. The number of carboxylic acids is 1. The van der Waals surface area contributed by atoms with Gasteiger partial charge in [-0.25, -0.2) is 4.68 Å². The van der Waals surface area contributed by atoms with Crippen LogP contribution in [-0.2, 0) is 4.79 Å². The summed E-state index contributed by atoms with van der Waals surface area (Å²) in [6, 6.07) is 0.756. The number of carbonyl (C=O) groups is 1. The predicted molar refractivity (Wildman–Crippen MR) is 69.0 cm³/mol. The summed E-state index contributed by atoms with van der Waals surface area (Å²) in [7, 11) is 0. The second-order valence-electron chi connectivity index (χ2n) is 5.48. The monoisotopic (exact) mass is 283 g/mol. The highest BCUT2D eigenvalue weighted by atomic mass is 32.2. The molecule has 104 valence electrons. The minimum absolute atomic E-state index is 0.348. The second kappa shape index (κ2) is 4.75. The molecular weight excluding hydrogens is 266 g/mol. The maximum atomic E-state index is 11.4. The van der Waals surface area contributed by atoms with Gasteiger partial charge < -0.3 is 5.11 Å². The molecule has 8 heteroatoms. The first kappa shape index (κ1) is 12.9. The van der Waals surface area contributed by atoms with Crippen LogP contribution in [0.3, 0.4) is 0 Å². The largest absolute Gasteiger partial charge is 0.480 e. The van der Waals surface area contributed by atoms with Gasteiger partial charge in [-0.15, -0.1) is 5.10 Å². The Balaban J connectivity index is 1.64. The van der Waals surface area contributed by atoms with E-state index in [0.717, 1.165) is 25.7 Å². The minimum atomic E-state index is -0.924. The summed E-state index contributed by atoms with van der Waals surface area (Å²) in [6.07, 6.45) is 4.34. The van der Waals surface area contributed by atoms with Gasteiger partial charge in [0.15, 0.2) is 0 Å². The number of hydrogen-bond donors (Lipinski definition) is 2. The molecule has 2 N–H and O–H groups in total. The SMILES string of the molecule is CC(CSc1nnnn1C1CC1)(NC1CC1)C(=O)O. The molecule has 0 amide bonds. The van der Waals surface area contributed by atoms with Crippen molar-refractivity contribution in [3.63, 3.8) is 0 Å². The number of nitrogens with zero attached hydrogens (tertiary/aromatic N) is 4. The van der Waals surface area contributed by atoms with Gasteiger partial charge in [-0.05, 0) is 43.0 Å². The lowest BCUT2D eigenvalue weighted by Gasteiger charge is -2.25. The molecule has 3 rings (SSSR count). The van der Waals surface area contributed by atoms with Crippen LogP contribution in [0, 0.1) is 0 Å². The van der Waals surface area contributed by atoms with E-state index in [1.807, 2.05) is 4.68 Å². The Morgan fingerprint density at radius 2 is 2.26 bits per heavy atom. The first-order valence-electron chi connectivity index (χ1n) is 6.50. The molecule has 0 spiro atoms. The number of tetrazole rings is 1. The lowest BCUT2D eigenvalue weighted by molar-refractivity contribution is -0.143. The molecule has 19 heavy (non-hydrogen) atoms. The van der Waals surface area contributed by atoms with Gasteiger partial charge in [0, 0.05) is 11.8 Å². The van der Waals surface area contributed by atoms with Crippen molar-refractivity contribution in [3.05, 3.63) is 0 Å². The first-order valence-corrected chi connectivity index (χ1v) is 7.49. The van der Waals surface area contributed by atoms with Crippen LogP contribution in [-0.4, -0.2) is 48.6 Å². The van der Waals surface area contributed by atoms with Crippen molar-refractivity contribution in [2.45, 2.75) is 55.4 Å². The molecule has 2 fully saturated rings. The first-order chi connectivity index (χ1) is 9.08. The van der Waals surface area contributed by atoms with E-state index in [9.17, 15) is 9.90 Å². The van der Waals surface area contributed by atoms with Gasteiger partial charge in [-0.1, -0.05) is 11.8 Å². The third kappa shape index (κ3) is 2.89. The van der Waals surface area contributed by atoms with Crippen LogP contribution in [0.25, 0.3) is 0 Å². The van der Waals surface area contributed by atoms with E-state index >= 15 is 0 Å². The molecule has 0 aromatic carbocycles. The van der Waals surface area contributed by atoms with E-state index in [2.05, 4.69) is 20.8 Å². The highest BCUT2D eigenvalue weighted by molar-refractivity contribution is 7.99. The second-order valence-corrected chi connectivity index (χ2v) is 6.42. The number of aliphatic carboxylic acids is 1. The lowest BCUT2D eigenvalue weighted by atomic mass is 10.1. The lowest BCUT2D eigenvalue weighted by Crippen LogP contribution is -2.52. The molecule has 2 saturated carbocycles. The maximum Gasteiger partial charge on any atom is 0.324 e. The van der Waals surface area contributed by atoms with Crippen molar-refractivity contribution in [3.8, 4) is 0 Å². The number of nitrogens with one attached hydrogen (secondary N) is 1. The van der Waals surface area contributed by atoms with E-state index in [0.29, 0.717) is 23.0 Å². The quantitative estimate of drug-likeness (QED) is 0.711. The summed E-state index contributed by atoms with van der Waals surface area (Å²) < 4.78 is 1.81. The molecule has 1 heterocycles. The zero-order valence-electron chi connectivity index (χ0n) is 10.7. The topological polar surface area (TPSA) is 92.9 Å². The Morgan fingerprint density at radius 1 is 1.53 bits per heavy atom. The molecule has 2 aliphatic rings. The molecule has 1 aromatic heterocycles. The van der Waals surface area contributed by atoms with Gasteiger partial charge >= 0.3 is 5.97 Å². The van der Waals surface area contributed by atoms with Crippen molar-refractivity contribution < 1.29 is 9.90 Å². The molecule has 0 aliphatic heterocycles. The number of carboxylic acid groups (broad SMARTS) is 1. The van der Waals surface area contributed by atoms with Crippen molar-refractivity contribution in [1.29, 1.82) is 0 Å². The summed E-state index contributed by atoms with van der Waals surface area (Å²) in [5.74, 6) is -0.399. The Hall–Kier alpha value is -1.15. The van der Waals surface area contributed by atoms with Gasteiger partial charge in [0.05, 0.1) is 6.04 Å². The molecule has 0 radical (unpaired) electrons. The maximum absolute atomic E-state index is 11.4. The fourth-order valence-corrected chi connectivity index (χ4v) is 2.92. The minimum Gasteiger partial charge on any atom is -0.480 e. The molecule has 7 nitrogen and oxygen atoms in total. The summed E-state index contributed by atoms with van der Waals surface area (Å²) in [5.41, 5.74) is -0.924. The van der Waals surface area contributed by atoms with E-state index in [4.69, 9.17) is 0 Å². The van der Waals surface area contributed by atoms with Gasteiger partial charge in [-0.3, -0.25) is 10.1 Å². The Morgan fingerprint density at radius 3 is 2.84 bits per heavy atom. The van der Waals surface area contributed by atoms with Crippen molar-refractivity contribution >= 4 is 17.7 Å². The fraction of sp³-hybridized carbons (Fsp3) is 0.818. The van der Waals surface area contributed by atoms with Gasteiger partial charge in [0.1, 0.15) is 5.54 Å². The molecule has 0 saturated heterocycles. The molecule has 2 aliphatic carbocycles. The third-order valence-electron chi connectivity index (χ3n) is 3.42. The van der Waals surface area contributed by atoms with Crippen molar-refractivity contribution in [1.82, 2.24) is 25.5 Å². The van der Waals surface area contributed by atoms with Gasteiger partial charge in [0.2, 0.25) is 5.16 Å². The average Bonchev–Trinajstić information content (AvgIpc) is 3.29. The van der Waals surface area contributed by atoms with Crippen LogP contribution in [0.4, 0.5) is 0 Å². The van der Waals surface area contributed by atoms with E-state index < -0.39 is 11.5 Å². The standard InChI is InChI=1S/C11H17N5O2S/c1-11(9(17)18,12-7-2-3-7)6-19-10-13-14-15-16(10)8-4-5-8/h7-8,12H,2-6H2,1H3,(H,17,18). The van der Waals surface area contributed by atoms with Crippen molar-refractivity contribution in [2.75, 3.05) is 5.75 Å². The average molecular weight is 283 g/mol. The van der Waals surface area contributed by atoms with E-state index in [1.54, 1.807) is 6.92 Å². The summed E-state index contributed by atoms with van der Waals surface area (Å²) >= 11 is 1.41. The van der Waals surface area contributed by atoms with Crippen LogP contribution < -0.4 is 5.32 Å². The van der Waals surface area contributed by atoms with Crippen LogP contribution >= 0.6 is 11.8 Å². The van der Waals surface area contributed by atoms with Crippen LogP contribution in [0.2, 0.25) is 0 Å². The highest BCUT2D eigenvalue weighted by Gasteiger charge is 2.39. The molecule has 1 unspecified atom stereocenters. The smallest absolute Gasteiger partial charge is 0.324 e. The zero-order valence-corrected chi connectivity index (χ0v) is 11.6. The van der Waals surface area contributed by atoms with Crippen LogP contribution in [0.1, 0.15) is 38.6 Å². The summed E-state index contributed by atoms with van der Waals surface area (Å²) in [4.78, 5) is 11.4. The molecule has 1 atom stereocenters. The number of hydrogen-bond acceptors (Lipinski definition) is 6. The summed E-state index contributed by atoms with van der Waals surface area (Å²) in [5, 5.41) is 24.9. The van der Waals surface area contributed by atoms with Gasteiger partial charge in [-0.2, -0.15) is 0 Å². The van der Waals surface area contributed by atoms with E-state index in [-0.39, 0.29) is 0 Å². The Bertz CT molecular complexity index is 485. The van der Waals surface area contributed by atoms with Gasteiger partial charge in [0.25, 0.3) is 0 Å². The zero-order chi connectivity index (χ0) is 13.5. The molecule has 1 aromatic rings. The fourth-order valence-electron chi connectivity index (χ4n) is 1.88. The Kier molecular flexibility index (Phi) is 3.22. The van der Waals surface area contributed by atoms with Crippen LogP contribution in [0.15, 0.2) is 5.16 Å². The van der Waals surface area contributed by atoms with Crippen LogP contribution in [0.5, 0.6) is 0 Å².